The number of hydroxylamine groups is 1. The van der Waals surface area contributed by atoms with Crippen LogP contribution in [0.2, 0.25) is 0 Å². The number of anilines is 2. The summed E-state index contributed by atoms with van der Waals surface area (Å²) in [6.07, 6.45) is 2.95. The number of aromatic nitrogens is 1. The summed E-state index contributed by atoms with van der Waals surface area (Å²) in [5, 5.41) is 17.4. The third kappa shape index (κ3) is 8.09. The number of nitrogens with zero attached hydrogens (tertiary/aromatic N) is 1. The molecule has 3 aromatic carbocycles. The molecular formula is C33H33F2N5O7. The minimum absolute atomic E-state index is 0.103. The first-order valence-electron chi connectivity index (χ1n) is 14.8. The second-order valence-corrected chi connectivity index (χ2v) is 10.8. The fraction of sp³-hybridized carbons (Fsp3) is 0.273. The zero-order chi connectivity index (χ0) is 33.4. The summed E-state index contributed by atoms with van der Waals surface area (Å²) >= 11 is 0. The number of benzene rings is 3. The van der Waals surface area contributed by atoms with Crippen LogP contribution in [0.4, 0.5) is 20.2 Å². The molecule has 0 radical (unpaired) electrons. The Bertz CT molecular complexity index is 1770. The highest BCUT2D eigenvalue weighted by atomic mass is 19.1. The third-order valence-electron chi connectivity index (χ3n) is 7.53. The highest BCUT2D eigenvalue weighted by Gasteiger charge is 2.56. The van der Waals surface area contributed by atoms with Crippen LogP contribution < -0.4 is 35.6 Å². The first-order valence-corrected chi connectivity index (χ1v) is 14.8. The van der Waals surface area contributed by atoms with Crippen molar-refractivity contribution >= 4 is 40.0 Å². The molecule has 14 heteroatoms. The molecule has 5 N–H and O–H groups in total. The van der Waals surface area contributed by atoms with Gasteiger partial charge in [0.05, 0.1) is 19.2 Å². The van der Waals surface area contributed by atoms with E-state index in [1.807, 2.05) is 0 Å². The first-order chi connectivity index (χ1) is 22.7. The monoisotopic (exact) mass is 649 g/mol. The molecule has 0 unspecified atom stereocenters. The lowest BCUT2D eigenvalue weighted by atomic mass is 10.0. The second-order valence-electron chi connectivity index (χ2n) is 10.8. The zero-order valence-electron chi connectivity index (χ0n) is 25.4. The lowest BCUT2D eigenvalue weighted by molar-refractivity contribution is -0.131. The second kappa shape index (κ2) is 14.8. The van der Waals surface area contributed by atoms with Crippen LogP contribution in [0, 0.1) is 17.0 Å². The van der Waals surface area contributed by atoms with Crippen LogP contribution in [-0.4, -0.2) is 54.7 Å². The molecule has 1 fully saturated rings. The molecule has 0 saturated heterocycles. The van der Waals surface area contributed by atoms with Gasteiger partial charge in [0.1, 0.15) is 17.0 Å². The maximum atomic E-state index is 15.2. The molecule has 0 spiro atoms. The van der Waals surface area contributed by atoms with E-state index in [4.69, 9.17) is 19.4 Å². The van der Waals surface area contributed by atoms with E-state index in [1.165, 1.54) is 49.7 Å². The molecule has 47 heavy (non-hydrogen) atoms. The smallest absolute Gasteiger partial charge is 0.244 e. The molecular weight excluding hydrogens is 616 g/mol. The van der Waals surface area contributed by atoms with Crippen molar-refractivity contribution in [1.29, 1.82) is 0 Å². The number of nitrogens with one attached hydrogen (secondary N) is 4. The van der Waals surface area contributed by atoms with Crippen LogP contribution >= 0.6 is 0 Å². The molecule has 12 nitrogen and oxygen atoms in total. The van der Waals surface area contributed by atoms with Gasteiger partial charge in [0, 0.05) is 48.1 Å². The number of ether oxygens (including phenoxy) is 3. The molecule has 1 saturated carbocycles. The van der Waals surface area contributed by atoms with Gasteiger partial charge < -0.3 is 30.2 Å². The van der Waals surface area contributed by atoms with Crippen LogP contribution in [0.5, 0.6) is 23.0 Å². The van der Waals surface area contributed by atoms with Crippen molar-refractivity contribution in [2.75, 3.05) is 37.4 Å². The maximum Gasteiger partial charge on any atom is 0.244 e. The van der Waals surface area contributed by atoms with E-state index in [9.17, 15) is 18.8 Å². The van der Waals surface area contributed by atoms with Gasteiger partial charge in [0.15, 0.2) is 23.1 Å². The Balaban J connectivity index is 1.21. The van der Waals surface area contributed by atoms with E-state index in [1.54, 1.807) is 23.7 Å². The van der Waals surface area contributed by atoms with Crippen LogP contribution in [-0.2, 0) is 14.4 Å². The SMILES string of the molecule is COc1cc2c(Oc3ccc(NC(=O)C4(C(=O)Nc5ccc(F)cc5)CC4)cc3F)ccnc2cc1OCCCNCCC(=O)NO. The Morgan fingerprint density at radius 3 is 2.28 bits per heavy atom. The summed E-state index contributed by atoms with van der Waals surface area (Å²) in [5.74, 6) is -1.68. The number of halogens is 2. The molecule has 1 aliphatic rings. The summed E-state index contributed by atoms with van der Waals surface area (Å²) in [6, 6.07) is 14.1. The molecule has 1 heterocycles. The quantitative estimate of drug-likeness (QED) is 0.0521. The summed E-state index contributed by atoms with van der Waals surface area (Å²) < 4.78 is 45.7. The van der Waals surface area contributed by atoms with Gasteiger partial charge in [-0.2, -0.15) is 0 Å². The van der Waals surface area contributed by atoms with E-state index in [0.29, 0.717) is 72.8 Å². The van der Waals surface area contributed by atoms with Gasteiger partial charge in [-0.15, -0.1) is 0 Å². The predicted molar refractivity (Wildman–Crippen MR) is 168 cm³/mol. The number of carbonyl (C=O) groups excluding carboxylic acids is 3. The topological polar surface area (TPSA) is 160 Å². The van der Waals surface area contributed by atoms with Crippen molar-refractivity contribution in [2.45, 2.75) is 25.7 Å². The lowest BCUT2D eigenvalue weighted by Crippen LogP contribution is -2.35. The number of pyridine rings is 1. The van der Waals surface area contributed by atoms with E-state index in [0.717, 1.165) is 6.07 Å². The first kappa shape index (κ1) is 33.0. The zero-order valence-corrected chi connectivity index (χ0v) is 25.4. The average molecular weight is 650 g/mol. The lowest BCUT2D eigenvalue weighted by Gasteiger charge is -2.16. The van der Waals surface area contributed by atoms with Crippen molar-refractivity contribution < 1.29 is 42.6 Å². The molecule has 1 aromatic heterocycles. The van der Waals surface area contributed by atoms with Gasteiger partial charge in [-0.3, -0.25) is 24.6 Å². The molecule has 5 rings (SSSR count). The molecule has 0 bridgehead atoms. The Labute approximate surface area is 268 Å². The van der Waals surface area contributed by atoms with Crippen LogP contribution in [0.1, 0.15) is 25.7 Å². The van der Waals surface area contributed by atoms with Crippen molar-refractivity contribution in [2.24, 2.45) is 5.41 Å². The number of methoxy groups -OCH3 is 1. The van der Waals surface area contributed by atoms with Crippen molar-refractivity contribution in [3.63, 3.8) is 0 Å². The van der Waals surface area contributed by atoms with Gasteiger partial charge in [0.25, 0.3) is 0 Å². The van der Waals surface area contributed by atoms with E-state index in [2.05, 4.69) is 20.9 Å². The molecule has 246 valence electrons. The highest BCUT2D eigenvalue weighted by molar-refractivity contribution is 6.16. The summed E-state index contributed by atoms with van der Waals surface area (Å²) in [4.78, 5) is 41.3. The Morgan fingerprint density at radius 2 is 1.60 bits per heavy atom. The summed E-state index contributed by atoms with van der Waals surface area (Å²) in [5.41, 5.74) is 1.31. The predicted octanol–water partition coefficient (Wildman–Crippen LogP) is 4.93. The normalized spacial score (nSPS) is 13.0. The highest BCUT2D eigenvalue weighted by Crippen LogP contribution is 2.47. The molecule has 1 aliphatic carbocycles. The average Bonchev–Trinajstić information content (AvgIpc) is 3.89. The number of amides is 3. The number of hydrogen-bond donors (Lipinski definition) is 5. The number of rotatable bonds is 15. The van der Waals surface area contributed by atoms with E-state index in [-0.39, 0.29) is 17.9 Å². The standard InChI is InChI=1S/C33H33F2N5O7/c1-45-28-18-23-25(19-29(28)46-16-2-13-36-14-10-30(41)40-44)37-15-9-26(23)47-27-8-7-22(17-24(27)35)39-32(43)33(11-12-33)31(42)38-21-5-3-20(34)4-6-21/h3-9,15,17-19,36,44H,2,10-14,16H2,1H3,(H,38,42)(H,39,43)(H,40,41). The fourth-order valence-electron chi connectivity index (χ4n) is 4.75. The van der Waals surface area contributed by atoms with Crippen LogP contribution in [0.25, 0.3) is 10.9 Å². The van der Waals surface area contributed by atoms with Crippen molar-refractivity contribution in [1.82, 2.24) is 15.8 Å². The van der Waals surface area contributed by atoms with Crippen LogP contribution in [0.15, 0.2) is 66.9 Å². The maximum absolute atomic E-state index is 15.2. The van der Waals surface area contributed by atoms with Crippen molar-refractivity contribution in [3.05, 3.63) is 78.5 Å². The summed E-state index contributed by atoms with van der Waals surface area (Å²) in [6.45, 7) is 1.35. The molecule has 0 aliphatic heterocycles. The van der Waals surface area contributed by atoms with Gasteiger partial charge >= 0.3 is 0 Å². The van der Waals surface area contributed by atoms with Crippen LogP contribution in [0.3, 0.4) is 0 Å². The molecule has 4 aromatic rings. The molecule has 0 atom stereocenters. The minimum atomic E-state index is -1.30. The van der Waals surface area contributed by atoms with Gasteiger partial charge in [-0.25, -0.2) is 14.3 Å². The van der Waals surface area contributed by atoms with Gasteiger partial charge in [-0.1, -0.05) is 0 Å². The Kier molecular flexibility index (Phi) is 10.4. The Hall–Kier alpha value is -5.34. The largest absolute Gasteiger partial charge is 0.493 e. The fourth-order valence-corrected chi connectivity index (χ4v) is 4.75. The number of carbonyl (C=O) groups is 3. The van der Waals surface area contributed by atoms with E-state index < -0.39 is 34.8 Å². The summed E-state index contributed by atoms with van der Waals surface area (Å²) in [7, 11) is 1.49. The van der Waals surface area contributed by atoms with Gasteiger partial charge in [0.2, 0.25) is 17.7 Å². The van der Waals surface area contributed by atoms with Crippen molar-refractivity contribution in [3.8, 4) is 23.0 Å². The Morgan fingerprint density at radius 1 is 0.872 bits per heavy atom. The molecule has 3 amide bonds. The van der Waals surface area contributed by atoms with E-state index >= 15 is 4.39 Å². The number of hydrogen-bond acceptors (Lipinski definition) is 9. The number of fused-ring (bicyclic) bond motifs is 1. The minimum Gasteiger partial charge on any atom is -0.493 e. The van der Waals surface area contributed by atoms with Gasteiger partial charge in [-0.05, 0) is 74.3 Å². The third-order valence-corrected chi connectivity index (χ3v) is 7.53.